The van der Waals surface area contributed by atoms with E-state index >= 15 is 0 Å². The summed E-state index contributed by atoms with van der Waals surface area (Å²) in [5, 5.41) is 75.2. The summed E-state index contributed by atoms with van der Waals surface area (Å²) >= 11 is 0. The van der Waals surface area contributed by atoms with E-state index in [1.165, 1.54) is 0 Å². The first-order valence-corrected chi connectivity index (χ1v) is 5.75. The molecule has 0 aromatic heterocycles. The third-order valence-electron chi connectivity index (χ3n) is 3.20. The van der Waals surface area contributed by atoms with Crippen LogP contribution in [0.5, 0.6) is 0 Å². The number of hydrogen-bond donors (Lipinski definition) is 8. The van der Waals surface area contributed by atoms with Gasteiger partial charge in [0.15, 0.2) is 6.29 Å². The van der Waals surface area contributed by atoms with Crippen LogP contribution in [-0.2, 0) is 9.53 Å². The normalized spacial score (nSPS) is 42.8. The average molecular weight is 298 g/mol. The number of carbonyl (C=O) groups is 1. The van der Waals surface area contributed by atoms with Crippen molar-refractivity contribution in [1.29, 1.82) is 0 Å². The summed E-state index contributed by atoms with van der Waals surface area (Å²) in [6.45, 7) is -0.913. The van der Waals surface area contributed by atoms with Gasteiger partial charge in [0.1, 0.15) is 42.7 Å². The zero-order chi connectivity index (χ0) is 15.7. The van der Waals surface area contributed by atoms with Gasteiger partial charge in [-0.1, -0.05) is 0 Å². The van der Waals surface area contributed by atoms with Crippen molar-refractivity contribution in [3.05, 3.63) is 0 Å². The molecule has 118 valence electrons. The van der Waals surface area contributed by atoms with Crippen molar-refractivity contribution in [3.63, 3.8) is 0 Å². The van der Waals surface area contributed by atoms with Crippen LogP contribution >= 0.6 is 0 Å². The topological polar surface area (TPSA) is 188 Å². The molecule has 0 aromatic carbocycles. The second-order valence-electron chi connectivity index (χ2n) is 4.61. The predicted octanol–water partition coefficient (Wildman–Crippen LogP) is -5.57. The fourth-order valence-electron chi connectivity index (χ4n) is 1.88. The Morgan fingerprint density at radius 3 is 2.15 bits per heavy atom. The van der Waals surface area contributed by atoms with Crippen molar-refractivity contribution in [2.75, 3.05) is 6.61 Å². The molecule has 20 heavy (non-hydrogen) atoms. The molecule has 0 amide bonds. The monoisotopic (exact) mass is 298 g/mol. The maximum absolute atomic E-state index is 10.7. The Morgan fingerprint density at radius 2 is 1.70 bits per heavy atom. The number of ether oxygens (including phenoxy) is 1. The van der Waals surface area contributed by atoms with Crippen molar-refractivity contribution >= 4 is 6.29 Å². The smallest absolute Gasteiger partial charge is 0.253 e. The zero-order valence-electron chi connectivity index (χ0n) is 10.2. The van der Waals surface area contributed by atoms with Crippen LogP contribution in [-0.4, -0.2) is 102 Å². The highest BCUT2D eigenvalue weighted by Gasteiger charge is 2.55. The number of hydrogen-bond acceptors (Lipinski definition) is 10. The molecule has 10 nitrogen and oxygen atoms in total. The Labute approximate surface area is 113 Å². The highest BCUT2D eigenvalue weighted by Crippen LogP contribution is 2.29. The molecular formula is C10H18O10. The molecule has 0 aromatic rings. The van der Waals surface area contributed by atoms with Gasteiger partial charge in [0.2, 0.25) is 0 Å². The van der Waals surface area contributed by atoms with Crippen LogP contribution in [0.1, 0.15) is 0 Å². The first kappa shape index (κ1) is 17.4. The standard InChI is InChI=1S/C10H18O10/c11-1-3(13)4(14)5(15)8-6(16)7(17)9(18)10(19,2-12)20-8/h2-9,11,13-19H,1H2/t3?,4?,5?,6?,7?,8?,9?,10-/m0/s1. The van der Waals surface area contributed by atoms with Gasteiger partial charge in [0.05, 0.1) is 6.61 Å². The molecular weight excluding hydrogens is 280 g/mol. The minimum atomic E-state index is -2.89. The predicted molar refractivity (Wildman–Crippen MR) is 59.0 cm³/mol. The van der Waals surface area contributed by atoms with Gasteiger partial charge in [-0.05, 0) is 0 Å². The van der Waals surface area contributed by atoms with Crippen LogP contribution in [0.4, 0.5) is 0 Å². The number of aliphatic hydroxyl groups excluding tert-OH is 7. The summed E-state index contributed by atoms with van der Waals surface area (Å²) in [5.41, 5.74) is 0. The average Bonchev–Trinajstić information content (AvgIpc) is 2.46. The Morgan fingerprint density at radius 1 is 1.15 bits per heavy atom. The van der Waals surface area contributed by atoms with Gasteiger partial charge in [0.25, 0.3) is 5.79 Å². The van der Waals surface area contributed by atoms with E-state index in [2.05, 4.69) is 4.74 Å². The molecule has 0 radical (unpaired) electrons. The largest absolute Gasteiger partial charge is 0.394 e. The van der Waals surface area contributed by atoms with Crippen molar-refractivity contribution in [2.45, 2.75) is 48.5 Å². The third-order valence-corrected chi connectivity index (χ3v) is 3.20. The maximum atomic E-state index is 10.7. The second kappa shape index (κ2) is 6.39. The summed E-state index contributed by atoms with van der Waals surface area (Å²) in [6.07, 6.45) is -14.1. The van der Waals surface area contributed by atoms with Gasteiger partial charge < -0.3 is 45.6 Å². The SMILES string of the molecule is O=C[C@]1(O)OC(C(O)C(O)C(O)CO)C(O)C(O)C1O. The lowest BCUT2D eigenvalue weighted by atomic mass is 9.88. The van der Waals surface area contributed by atoms with E-state index in [0.717, 1.165) is 0 Å². The summed E-state index contributed by atoms with van der Waals surface area (Å²) < 4.78 is 4.62. The number of carbonyl (C=O) groups excluding carboxylic acids is 1. The second-order valence-corrected chi connectivity index (χ2v) is 4.61. The van der Waals surface area contributed by atoms with Gasteiger partial charge in [0, 0.05) is 0 Å². The van der Waals surface area contributed by atoms with E-state index in [0.29, 0.717) is 0 Å². The van der Waals surface area contributed by atoms with Crippen molar-refractivity contribution in [3.8, 4) is 0 Å². The van der Waals surface area contributed by atoms with E-state index < -0.39 is 55.1 Å². The summed E-state index contributed by atoms with van der Waals surface area (Å²) in [4.78, 5) is 10.7. The molecule has 10 heteroatoms. The van der Waals surface area contributed by atoms with E-state index in [9.17, 15) is 40.5 Å². The van der Waals surface area contributed by atoms with E-state index in [-0.39, 0.29) is 6.29 Å². The molecule has 1 rings (SSSR count). The number of aldehydes is 1. The Hall–Kier alpha value is -0.690. The minimum absolute atomic E-state index is 0.249. The molecule has 8 N–H and O–H groups in total. The van der Waals surface area contributed by atoms with Crippen LogP contribution in [0, 0.1) is 0 Å². The van der Waals surface area contributed by atoms with Gasteiger partial charge >= 0.3 is 0 Å². The third kappa shape index (κ3) is 2.98. The lowest BCUT2D eigenvalue weighted by Gasteiger charge is -2.45. The highest BCUT2D eigenvalue weighted by atomic mass is 16.7. The number of rotatable bonds is 5. The fourth-order valence-corrected chi connectivity index (χ4v) is 1.88. The molecule has 8 atom stereocenters. The minimum Gasteiger partial charge on any atom is -0.394 e. The van der Waals surface area contributed by atoms with Crippen LogP contribution < -0.4 is 0 Å². The Kier molecular flexibility index (Phi) is 5.54. The van der Waals surface area contributed by atoms with Crippen molar-refractivity contribution in [2.24, 2.45) is 0 Å². The lowest BCUT2D eigenvalue weighted by Crippen LogP contribution is -2.69. The summed E-state index contributed by atoms with van der Waals surface area (Å²) in [5.74, 6) is -2.89. The van der Waals surface area contributed by atoms with Crippen LogP contribution in [0.15, 0.2) is 0 Å². The van der Waals surface area contributed by atoms with Crippen LogP contribution in [0.3, 0.4) is 0 Å². The lowest BCUT2D eigenvalue weighted by molar-refractivity contribution is -0.339. The molecule has 1 fully saturated rings. The van der Waals surface area contributed by atoms with Crippen LogP contribution in [0.2, 0.25) is 0 Å². The zero-order valence-corrected chi connectivity index (χ0v) is 10.2. The molecule has 1 aliphatic heterocycles. The molecule has 0 saturated carbocycles. The molecule has 0 spiro atoms. The van der Waals surface area contributed by atoms with Crippen molar-refractivity contribution < 1.29 is 50.4 Å². The van der Waals surface area contributed by atoms with Gasteiger partial charge in [-0.25, -0.2) is 0 Å². The molecule has 1 aliphatic rings. The Balaban J connectivity index is 2.96. The first-order chi connectivity index (χ1) is 9.19. The number of aliphatic hydroxyl groups is 8. The molecule has 0 bridgehead atoms. The Bertz CT molecular complexity index is 338. The van der Waals surface area contributed by atoms with Crippen molar-refractivity contribution in [1.82, 2.24) is 0 Å². The summed E-state index contributed by atoms with van der Waals surface area (Å²) in [6, 6.07) is 0. The first-order valence-electron chi connectivity index (χ1n) is 5.75. The van der Waals surface area contributed by atoms with Gasteiger partial charge in [-0.2, -0.15) is 0 Å². The molecule has 1 saturated heterocycles. The fraction of sp³-hybridized carbons (Fsp3) is 0.900. The molecule has 7 unspecified atom stereocenters. The van der Waals surface area contributed by atoms with E-state index in [4.69, 9.17) is 5.11 Å². The van der Waals surface area contributed by atoms with Gasteiger partial charge in [-0.3, -0.25) is 4.79 Å². The van der Waals surface area contributed by atoms with Crippen LogP contribution in [0.25, 0.3) is 0 Å². The summed E-state index contributed by atoms with van der Waals surface area (Å²) in [7, 11) is 0. The highest BCUT2D eigenvalue weighted by molar-refractivity contribution is 5.61. The van der Waals surface area contributed by atoms with Gasteiger partial charge in [-0.15, -0.1) is 0 Å². The molecule has 0 aliphatic carbocycles. The van der Waals surface area contributed by atoms with E-state index in [1.807, 2.05) is 0 Å². The quantitative estimate of drug-likeness (QED) is 0.227. The van der Waals surface area contributed by atoms with E-state index in [1.54, 1.807) is 0 Å². The maximum Gasteiger partial charge on any atom is 0.253 e. The molecule has 1 heterocycles.